The van der Waals surface area contributed by atoms with Gasteiger partial charge in [-0.15, -0.1) is 0 Å². The van der Waals surface area contributed by atoms with E-state index in [9.17, 15) is 8.42 Å². The van der Waals surface area contributed by atoms with Gasteiger partial charge in [0.25, 0.3) is 0 Å². The van der Waals surface area contributed by atoms with Gasteiger partial charge < -0.3 is 5.11 Å². The summed E-state index contributed by atoms with van der Waals surface area (Å²) in [6, 6.07) is 1.71. The van der Waals surface area contributed by atoms with Crippen molar-refractivity contribution in [1.29, 1.82) is 0 Å². The van der Waals surface area contributed by atoms with E-state index < -0.39 is 10.0 Å². The summed E-state index contributed by atoms with van der Waals surface area (Å²) >= 11 is 0. The van der Waals surface area contributed by atoms with Crippen molar-refractivity contribution in [3.05, 3.63) is 24.3 Å². The highest BCUT2D eigenvalue weighted by Gasteiger charge is 1.88. The first-order valence-electron chi connectivity index (χ1n) is 3.75. The van der Waals surface area contributed by atoms with Crippen LogP contribution in [0.15, 0.2) is 18.5 Å². The van der Waals surface area contributed by atoms with Crippen LogP contribution in [0.2, 0.25) is 0 Å². The fourth-order valence-electron chi connectivity index (χ4n) is 0.412. The van der Waals surface area contributed by atoms with Crippen LogP contribution >= 0.6 is 0 Å². The van der Waals surface area contributed by atoms with Crippen LogP contribution in [0.5, 0.6) is 0 Å². The Bertz CT molecular complexity index is 338. The number of aliphatic hydroxyl groups is 1. The maximum absolute atomic E-state index is 9.89. The number of aromatic nitrogens is 2. The quantitative estimate of drug-likeness (QED) is 0.675. The molecule has 0 atom stereocenters. The normalized spacial score (nSPS) is 10.2. The largest absolute Gasteiger partial charge is 0.388 e. The van der Waals surface area contributed by atoms with E-state index in [0.717, 1.165) is 6.26 Å². The lowest BCUT2D eigenvalue weighted by molar-refractivity contribution is 0.271. The van der Waals surface area contributed by atoms with Crippen molar-refractivity contribution in [2.75, 3.05) is 13.3 Å². The highest BCUT2D eigenvalue weighted by Crippen LogP contribution is 1.83. The molecule has 0 aliphatic heterocycles. The van der Waals surface area contributed by atoms with Crippen molar-refractivity contribution >= 4 is 10.0 Å². The second kappa shape index (κ2) is 6.41. The van der Waals surface area contributed by atoms with Crippen LogP contribution in [0.1, 0.15) is 5.82 Å². The number of hydrogen-bond donors (Lipinski definition) is 2. The van der Waals surface area contributed by atoms with Crippen molar-refractivity contribution in [1.82, 2.24) is 14.7 Å². The van der Waals surface area contributed by atoms with E-state index in [4.69, 9.17) is 5.11 Å². The van der Waals surface area contributed by atoms with Gasteiger partial charge in [0.15, 0.2) is 5.82 Å². The van der Waals surface area contributed by atoms with E-state index in [-0.39, 0.29) is 6.61 Å². The molecule has 80 valence electrons. The van der Waals surface area contributed by atoms with Crippen molar-refractivity contribution < 1.29 is 13.5 Å². The first kappa shape index (κ1) is 12.9. The van der Waals surface area contributed by atoms with Crippen molar-refractivity contribution in [3.63, 3.8) is 0 Å². The lowest BCUT2D eigenvalue weighted by Gasteiger charge is -1.87. The molecule has 1 aromatic rings. The summed E-state index contributed by atoms with van der Waals surface area (Å²) in [5.41, 5.74) is 0. The summed E-state index contributed by atoms with van der Waals surface area (Å²) in [6.45, 7) is -0.0825. The van der Waals surface area contributed by atoms with Crippen molar-refractivity contribution in [3.8, 4) is 0 Å². The first-order chi connectivity index (χ1) is 6.49. The highest BCUT2D eigenvalue weighted by atomic mass is 32.2. The van der Waals surface area contributed by atoms with E-state index >= 15 is 0 Å². The number of nitrogens with zero attached hydrogens (tertiary/aromatic N) is 2. The zero-order chi connectivity index (χ0) is 11.0. The van der Waals surface area contributed by atoms with Crippen LogP contribution in [-0.4, -0.2) is 36.8 Å². The van der Waals surface area contributed by atoms with Gasteiger partial charge in [-0.25, -0.2) is 23.1 Å². The minimum Gasteiger partial charge on any atom is -0.388 e. The number of sulfonamides is 1. The molecule has 0 radical (unpaired) electrons. The minimum atomic E-state index is -2.91. The smallest absolute Gasteiger partial charge is 0.208 e. The summed E-state index contributed by atoms with van der Waals surface area (Å²) in [5.74, 6) is 0.465. The Kier molecular flexibility index (Phi) is 5.93. The molecule has 0 bridgehead atoms. The molecule has 0 saturated carbocycles. The molecule has 0 spiro atoms. The summed E-state index contributed by atoms with van der Waals surface area (Å²) in [7, 11) is -1.54. The Balaban J connectivity index is 0.000000255. The number of nitrogens with one attached hydrogen (secondary N) is 1. The van der Waals surface area contributed by atoms with Crippen LogP contribution in [0.25, 0.3) is 0 Å². The summed E-state index contributed by atoms with van der Waals surface area (Å²) in [5, 5.41) is 8.41. The van der Waals surface area contributed by atoms with Crippen molar-refractivity contribution in [2.24, 2.45) is 0 Å². The van der Waals surface area contributed by atoms with Gasteiger partial charge in [-0.2, -0.15) is 0 Å². The molecule has 1 rings (SSSR count). The van der Waals surface area contributed by atoms with E-state index in [1.807, 2.05) is 0 Å². The van der Waals surface area contributed by atoms with Crippen LogP contribution in [0.4, 0.5) is 0 Å². The second-order valence-electron chi connectivity index (χ2n) is 2.30. The molecule has 7 heteroatoms. The van der Waals surface area contributed by atoms with Gasteiger partial charge in [0.1, 0.15) is 6.61 Å². The molecule has 0 amide bonds. The third kappa shape index (κ3) is 7.59. The number of aliphatic hydroxyl groups excluding tert-OH is 1. The summed E-state index contributed by atoms with van der Waals surface area (Å²) in [6.07, 6.45) is 4.30. The predicted molar refractivity (Wildman–Crippen MR) is 51.9 cm³/mol. The van der Waals surface area contributed by atoms with E-state index in [0.29, 0.717) is 5.82 Å². The molecule has 2 N–H and O–H groups in total. The topological polar surface area (TPSA) is 92.2 Å². The van der Waals surface area contributed by atoms with Gasteiger partial charge in [-0.05, 0) is 13.1 Å². The number of rotatable bonds is 2. The average Bonchev–Trinajstić information content (AvgIpc) is 2.19. The number of hydrogen-bond acceptors (Lipinski definition) is 5. The standard InChI is InChI=1S/C5H6N2O.C2H7NO2S/c8-4-5-6-2-1-3-7-5;1-3-6(2,4)5/h1-3,8H,4H2;3H,1-2H3. The molecule has 1 heterocycles. The van der Waals surface area contributed by atoms with Gasteiger partial charge in [-0.1, -0.05) is 0 Å². The predicted octanol–water partition coefficient (Wildman–Crippen LogP) is -0.866. The van der Waals surface area contributed by atoms with E-state index in [1.165, 1.54) is 7.05 Å². The van der Waals surface area contributed by atoms with Gasteiger partial charge >= 0.3 is 0 Å². The van der Waals surface area contributed by atoms with Gasteiger partial charge in [0.05, 0.1) is 6.26 Å². The fraction of sp³-hybridized carbons (Fsp3) is 0.429. The maximum Gasteiger partial charge on any atom is 0.208 e. The van der Waals surface area contributed by atoms with Gasteiger partial charge in [0, 0.05) is 12.4 Å². The van der Waals surface area contributed by atoms with Crippen LogP contribution in [0.3, 0.4) is 0 Å². The molecule has 6 nitrogen and oxygen atoms in total. The average molecular weight is 219 g/mol. The molecule has 0 fully saturated rings. The highest BCUT2D eigenvalue weighted by molar-refractivity contribution is 7.88. The fourth-order valence-corrected chi connectivity index (χ4v) is 0.412. The summed E-state index contributed by atoms with van der Waals surface area (Å²) < 4.78 is 21.9. The van der Waals surface area contributed by atoms with Gasteiger partial charge in [0.2, 0.25) is 10.0 Å². The molecule has 14 heavy (non-hydrogen) atoms. The molecule has 0 aliphatic rings. The lowest BCUT2D eigenvalue weighted by atomic mass is 10.6. The second-order valence-corrected chi connectivity index (χ2v) is 4.25. The Labute approximate surface area is 83.1 Å². The van der Waals surface area contributed by atoms with Crippen LogP contribution in [0, 0.1) is 0 Å². The molecule has 1 aromatic heterocycles. The minimum absolute atomic E-state index is 0.0825. The first-order valence-corrected chi connectivity index (χ1v) is 5.64. The molecule has 0 saturated heterocycles. The monoisotopic (exact) mass is 219 g/mol. The Morgan fingerprint density at radius 1 is 1.43 bits per heavy atom. The van der Waals surface area contributed by atoms with E-state index in [1.54, 1.807) is 18.5 Å². The third-order valence-electron chi connectivity index (χ3n) is 1.13. The van der Waals surface area contributed by atoms with Gasteiger partial charge in [-0.3, -0.25) is 0 Å². The van der Waals surface area contributed by atoms with Crippen LogP contribution < -0.4 is 4.72 Å². The maximum atomic E-state index is 9.89. The zero-order valence-electron chi connectivity index (χ0n) is 8.01. The van der Waals surface area contributed by atoms with Crippen LogP contribution in [-0.2, 0) is 16.6 Å². The molecule has 0 aromatic carbocycles. The molecule has 0 unspecified atom stereocenters. The summed E-state index contributed by atoms with van der Waals surface area (Å²) in [4.78, 5) is 7.47. The SMILES string of the molecule is CNS(C)(=O)=O.OCc1ncccn1. The van der Waals surface area contributed by atoms with E-state index in [2.05, 4.69) is 14.7 Å². The zero-order valence-corrected chi connectivity index (χ0v) is 8.82. The molecular formula is C7H13N3O3S. The lowest BCUT2D eigenvalue weighted by Crippen LogP contribution is -2.15. The molecule has 0 aliphatic carbocycles. The molecular weight excluding hydrogens is 206 g/mol. The Morgan fingerprint density at radius 2 is 1.86 bits per heavy atom. The third-order valence-corrected chi connectivity index (χ3v) is 1.87. The van der Waals surface area contributed by atoms with Crippen molar-refractivity contribution in [2.45, 2.75) is 6.61 Å². The Morgan fingerprint density at radius 3 is 2.07 bits per heavy atom. The Hall–Kier alpha value is -1.05.